The van der Waals surface area contributed by atoms with Crippen LogP contribution in [0.1, 0.15) is 13.8 Å². The summed E-state index contributed by atoms with van der Waals surface area (Å²) in [7, 11) is 0. The first-order valence-electron chi connectivity index (χ1n) is 7.14. The maximum absolute atomic E-state index is 11.9. The van der Waals surface area contributed by atoms with E-state index in [4.69, 9.17) is 13.9 Å². The van der Waals surface area contributed by atoms with Crippen molar-refractivity contribution in [2.45, 2.75) is 24.3 Å². The number of ether oxygens (including phenoxy) is 2. The lowest BCUT2D eigenvalue weighted by atomic mass is 10.2. The number of hydrogen-bond donors (Lipinski definition) is 0. The van der Waals surface area contributed by atoms with Gasteiger partial charge in [-0.1, -0.05) is 15.9 Å². The third-order valence-corrected chi connectivity index (χ3v) is 4.23. The highest BCUT2D eigenvalue weighted by Crippen LogP contribution is 2.28. The van der Waals surface area contributed by atoms with Gasteiger partial charge in [0.2, 0.25) is 11.1 Å². The topological polar surface area (TPSA) is 91.5 Å². The quantitative estimate of drug-likeness (QED) is 0.387. The minimum atomic E-state index is -1.21. The van der Waals surface area contributed by atoms with Gasteiger partial charge in [0, 0.05) is 10.0 Å². The molecule has 0 spiro atoms. The van der Waals surface area contributed by atoms with E-state index in [0.717, 1.165) is 21.8 Å². The SMILES string of the molecule is CCOC(=O)C(Sc1nnc(-c2ccc(Br)cc2)o1)C(=O)OCC. The Labute approximate surface area is 151 Å². The molecule has 0 aliphatic heterocycles. The van der Waals surface area contributed by atoms with Gasteiger partial charge in [0.25, 0.3) is 5.22 Å². The van der Waals surface area contributed by atoms with Gasteiger partial charge in [0.15, 0.2) is 0 Å². The van der Waals surface area contributed by atoms with Crippen LogP contribution < -0.4 is 0 Å². The molecule has 128 valence electrons. The summed E-state index contributed by atoms with van der Waals surface area (Å²) in [6.45, 7) is 3.62. The van der Waals surface area contributed by atoms with Crippen LogP contribution in [-0.4, -0.2) is 40.6 Å². The van der Waals surface area contributed by atoms with E-state index in [-0.39, 0.29) is 24.3 Å². The van der Waals surface area contributed by atoms with Gasteiger partial charge in [-0.3, -0.25) is 9.59 Å². The molecule has 0 atom stereocenters. The van der Waals surface area contributed by atoms with Crippen molar-refractivity contribution in [3.05, 3.63) is 28.7 Å². The van der Waals surface area contributed by atoms with Crippen molar-refractivity contribution in [2.75, 3.05) is 13.2 Å². The third-order valence-electron chi connectivity index (χ3n) is 2.72. The number of rotatable bonds is 7. The number of hydrogen-bond acceptors (Lipinski definition) is 8. The predicted molar refractivity (Wildman–Crippen MR) is 90.3 cm³/mol. The Bertz CT molecular complexity index is 686. The average molecular weight is 415 g/mol. The van der Waals surface area contributed by atoms with Crippen LogP contribution in [0.3, 0.4) is 0 Å². The first-order chi connectivity index (χ1) is 11.5. The van der Waals surface area contributed by atoms with Crippen molar-refractivity contribution in [3.8, 4) is 11.5 Å². The molecule has 24 heavy (non-hydrogen) atoms. The molecule has 0 N–H and O–H groups in total. The molecule has 0 aliphatic carbocycles. The van der Waals surface area contributed by atoms with E-state index >= 15 is 0 Å². The number of benzene rings is 1. The van der Waals surface area contributed by atoms with E-state index in [1.54, 1.807) is 26.0 Å². The fraction of sp³-hybridized carbons (Fsp3) is 0.333. The molecule has 0 unspecified atom stereocenters. The number of carbonyl (C=O) groups excluding carboxylic acids is 2. The van der Waals surface area contributed by atoms with Crippen LogP contribution in [-0.2, 0) is 19.1 Å². The normalized spacial score (nSPS) is 10.7. The number of carbonyl (C=O) groups is 2. The highest BCUT2D eigenvalue weighted by Gasteiger charge is 2.33. The lowest BCUT2D eigenvalue weighted by molar-refractivity contribution is -0.152. The summed E-state index contributed by atoms with van der Waals surface area (Å²) in [5.41, 5.74) is 0.723. The Balaban J connectivity index is 2.16. The van der Waals surface area contributed by atoms with Crippen LogP contribution in [0.25, 0.3) is 11.5 Å². The van der Waals surface area contributed by atoms with Crippen LogP contribution in [0.2, 0.25) is 0 Å². The Morgan fingerprint density at radius 1 is 1.12 bits per heavy atom. The van der Waals surface area contributed by atoms with Gasteiger partial charge < -0.3 is 13.9 Å². The molecule has 0 amide bonds. The summed E-state index contributed by atoms with van der Waals surface area (Å²) >= 11 is 4.15. The van der Waals surface area contributed by atoms with E-state index in [1.165, 1.54) is 0 Å². The minimum Gasteiger partial charge on any atom is -0.465 e. The zero-order valence-electron chi connectivity index (χ0n) is 13.0. The number of aromatic nitrogens is 2. The molecule has 0 saturated carbocycles. The van der Waals surface area contributed by atoms with E-state index in [0.29, 0.717) is 0 Å². The molecule has 2 rings (SSSR count). The zero-order valence-corrected chi connectivity index (χ0v) is 15.4. The standard InChI is InChI=1S/C15H15BrN2O5S/c1-3-21-13(19)11(14(20)22-4-2)24-15-18-17-12(23-15)9-5-7-10(16)8-6-9/h5-8,11H,3-4H2,1-2H3. The van der Waals surface area contributed by atoms with Crippen molar-refractivity contribution < 1.29 is 23.5 Å². The van der Waals surface area contributed by atoms with E-state index < -0.39 is 17.2 Å². The Morgan fingerprint density at radius 2 is 1.71 bits per heavy atom. The maximum Gasteiger partial charge on any atom is 0.331 e. The molecule has 2 aromatic rings. The van der Waals surface area contributed by atoms with Gasteiger partial charge in [0.05, 0.1) is 13.2 Å². The lowest BCUT2D eigenvalue weighted by Gasteiger charge is -2.11. The maximum atomic E-state index is 11.9. The molecule has 1 aromatic heterocycles. The molecule has 7 nitrogen and oxygen atoms in total. The fourth-order valence-corrected chi connectivity index (χ4v) is 2.71. The molecule has 0 fully saturated rings. The molecule has 0 radical (unpaired) electrons. The minimum absolute atomic E-state index is 0.0824. The number of thioether (sulfide) groups is 1. The van der Waals surface area contributed by atoms with Crippen molar-refractivity contribution in [2.24, 2.45) is 0 Å². The number of halogens is 1. The second kappa shape index (κ2) is 8.84. The number of nitrogens with zero attached hydrogens (tertiary/aromatic N) is 2. The smallest absolute Gasteiger partial charge is 0.331 e. The molecular weight excluding hydrogens is 400 g/mol. The molecule has 0 saturated heterocycles. The van der Waals surface area contributed by atoms with Crippen molar-refractivity contribution in [1.29, 1.82) is 0 Å². The van der Waals surface area contributed by atoms with Crippen LogP contribution in [0, 0.1) is 0 Å². The van der Waals surface area contributed by atoms with Crippen molar-refractivity contribution in [3.63, 3.8) is 0 Å². The van der Waals surface area contributed by atoms with Crippen LogP contribution >= 0.6 is 27.7 Å². The largest absolute Gasteiger partial charge is 0.465 e. The third kappa shape index (κ3) is 4.81. The van der Waals surface area contributed by atoms with Gasteiger partial charge in [-0.2, -0.15) is 0 Å². The molecule has 1 heterocycles. The van der Waals surface area contributed by atoms with Gasteiger partial charge in [0.1, 0.15) is 0 Å². The summed E-state index contributed by atoms with van der Waals surface area (Å²) in [5.74, 6) is -1.12. The Hall–Kier alpha value is -1.87. The molecule has 1 aromatic carbocycles. The summed E-state index contributed by atoms with van der Waals surface area (Å²) in [6, 6.07) is 7.29. The molecular formula is C15H15BrN2O5S. The first kappa shape index (κ1) is 18.5. The van der Waals surface area contributed by atoms with Crippen LogP contribution in [0.15, 0.2) is 38.4 Å². The number of esters is 2. The van der Waals surface area contributed by atoms with E-state index in [1.807, 2.05) is 12.1 Å². The van der Waals surface area contributed by atoms with Gasteiger partial charge in [-0.15, -0.1) is 10.2 Å². The van der Waals surface area contributed by atoms with Gasteiger partial charge >= 0.3 is 11.9 Å². The predicted octanol–water partition coefficient (Wildman–Crippen LogP) is 3.09. The van der Waals surface area contributed by atoms with Crippen LogP contribution in [0.5, 0.6) is 0 Å². The Kier molecular flexibility index (Phi) is 6.80. The average Bonchev–Trinajstić information content (AvgIpc) is 3.02. The van der Waals surface area contributed by atoms with E-state index in [9.17, 15) is 9.59 Å². The summed E-state index contributed by atoms with van der Waals surface area (Å²) in [5, 5.41) is 6.66. The highest BCUT2D eigenvalue weighted by molar-refractivity contribution is 9.10. The van der Waals surface area contributed by atoms with Gasteiger partial charge in [-0.05, 0) is 49.9 Å². The second-order valence-corrected chi connectivity index (χ2v) is 6.35. The summed E-state index contributed by atoms with van der Waals surface area (Å²) in [6.07, 6.45) is 0. The lowest BCUT2D eigenvalue weighted by Crippen LogP contribution is -2.30. The first-order valence-corrected chi connectivity index (χ1v) is 8.81. The molecule has 0 aliphatic rings. The zero-order chi connectivity index (χ0) is 17.5. The highest BCUT2D eigenvalue weighted by atomic mass is 79.9. The van der Waals surface area contributed by atoms with Crippen molar-refractivity contribution >= 4 is 39.6 Å². The monoisotopic (exact) mass is 414 g/mol. The van der Waals surface area contributed by atoms with Crippen molar-refractivity contribution in [1.82, 2.24) is 10.2 Å². The summed E-state index contributed by atoms with van der Waals surface area (Å²) < 4.78 is 16.2. The Morgan fingerprint density at radius 3 is 2.25 bits per heavy atom. The van der Waals surface area contributed by atoms with Gasteiger partial charge in [-0.25, -0.2) is 0 Å². The fourth-order valence-electron chi connectivity index (χ4n) is 1.70. The van der Waals surface area contributed by atoms with E-state index in [2.05, 4.69) is 26.1 Å². The van der Waals surface area contributed by atoms with Crippen LogP contribution in [0.4, 0.5) is 0 Å². The second-order valence-electron chi connectivity index (χ2n) is 4.38. The molecule has 0 bridgehead atoms. The molecule has 9 heteroatoms. The summed E-state index contributed by atoms with van der Waals surface area (Å²) in [4.78, 5) is 23.9.